The zero-order valence-corrected chi connectivity index (χ0v) is 21.6. The first-order chi connectivity index (χ1) is 17.2. The summed E-state index contributed by atoms with van der Waals surface area (Å²) >= 11 is 11.9. The van der Waals surface area contributed by atoms with E-state index < -0.39 is 21.6 Å². The standard InChI is InChI=1S/C14H14Cl2N2O5S.C9H11N3/c15-9-1-2-10(16)12(7-9)24(21,22)18-5-3-14(4-6-18)8-11(13(19)20)17-23-14;10-4-2-6-12-8-9-3-1-5-11-7-9/h1-2,7H,3-6,8H2,(H,19,20);1,3,5,7,12H,2,6,8H2. The van der Waals surface area contributed by atoms with Crippen LogP contribution in [0, 0.1) is 11.3 Å². The Morgan fingerprint density at radius 1 is 1.28 bits per heavy atom. The maximum atomic E-state index is 12.8. The molecule has 0 aliphatic carbocycles. The van der Waals surface area contributed by atoms with Crippen LogP contribution in [0.2, 0.25) is 10.0 Å². The van der Waals surface area contributed by atoms with Crippen molar-refractivity contribution in [2.75, 3.05) is 19.6 Å². The molecule has 0 unspecified atom stereocenters. The van der Waals surface area contributed by atoms with Gasteiger partial charge < -0.3 is 15.3 Å². The number of nitriles is 1. The molecule has 0 atom stereocenters. The Balaban J connectivity index is 0.000000253. The summed E-state index contributed by atoms with van der Waals surface area (Å²) in [5.74, 6) is -1.12. The number of pyridine rings is 1. The molecule has 3 heterocycles. The van der Waals surface area contributed by atoms with E-state index in [0.29, 0.717) is 19.3 Å². The number of benzene rings is 1. The Morgan fingerprint density at radius 2 is 2.03 bits per heavy atom. The first-order valence-electron chi connectivity index (χ1n) is 11.1. The molecule has 36 heavy (non-hydrogen) atoms. The second kappa shape index (κ2) is 12.5. The lowest BCUT2D eigenvalue weighted by molar-refractivity contribution is -0.129. The molecule has 2 aliphatic rings. The highest BCUT2D eigenvalue weighted by molar-refractivity contribution is 7.89. The van der Waals surface area contributed by atoms with Crippen molar-refractivity contribution in [1.82, 2.24) is 14.6 Å². The summed E-state index contributed by atoms with van der Waals surface area (Å²) in [5, 5.41) is 24.4. The number of aliphatic carboxylic acids is 1. The number of oxime groups is 1. The highest BCUT2D eigenvalue weighted by atomic mass is 35.5. The molecule has 0 radical (unpaired) electrons. The Kier molecular flexibility index (Phi) is 9.64. The van der Waals surface area contributed by atoms with Gasteiger partial charge in [0.05, 0.1) is 11.1 Å². The summed E-state index contributed by atoms with van der Waals surface area (Å²) in [5.41, 5.74) is 0.373. The summed E-state index contributed by atoms with van der Waals surface area (Å²) in [6.45, 7) is 1.90. The number of sulfonamides is 1. The monoisotopic (exact) mass is 553 g/mol. The zero-order valence-electron chi connectivity index (χ0n) is 19.2. The van der Waals surface area contributed by atoms with Crippen LogP contribution in [0.3, 0.4) is 0 Å². The minimum atomic E-state index is -3.78. The molecule has 4 rings (SSSR count). The van der Waals surface area contributed by atoms with E-state index in [0.717, 1.165) is 18.7 Å². The fraction of sp³-hybridized carbons (Fsp3) is 0.391. The van der Waals surface area contributed by atoms with Gasteiger partial charge in [-0.3, -0.25) is 4.98 Å². The topological polar surface area (TPSA) is 145 Å². The molecule has 192 valence electrons. The molecule has 2 aromatic rings. The molecule has 0 saturated carbocycles. The average molecular weight is 554 g/mol. The van der Waals surface area contributed by atoms with E-state index in [-0.39, 0.29) is 40.2 Å². The molecular weight excluding hydrogens is 529 g/mol. The highest BCUT2D eigenvalue weighted by Crippen LogP contribution is 2.37. The van der Waals surface area contributed by atoms with Gasteiger partial charge >= 0.3 is 5.97 Å². The number of hydrogen-bond acceptors (Lipinski definition) is 8. The van der Waals surface area contributed by atoms with E-state index in [2.05, 4.69) is 21.5 Å². The van der Waals surface area contributed by atoms with Crippen LogP contribution in [0.25, 0.3) is 0 Å². The minimum Gasteiger partial charge on any atom is -0.477 e. The van der Waals surface area contributed by atoms with Gasteiger partial charge in [-0.15, -0.1) is 0 Å². The fourth-order valence-electron chi connectivity index (χ4n) is 3.73. The number of carboxylic acid groups (broad SMARTS) is 1. The van der Waals surface area contributed by atoms with E-state index in [1.807, 2.05) is 18.3 Å². The van der Waals surface area contributed by atoms with Gasteiger partial charge in [0.25, 0.3) is 0 Å². The molecule has 1 spiro atoms. The molecule has 0 bridgehead atoms. The number of hydrogen-bond donors (Lipinski definition) is 2. The summed E-state index contributed by atoms with van der Waals surface area (Å²) in [7, 11) is -3.78. The summed E-state index contributed by atoms with van der Waals surface area (Å²) < 4.78 is 26.8. The van der Waals surface area contributed by atoms with Gasteiger partial charge in [-0.2, -0.15) is 9.57 Å². The highest BCUT2D eigenvalue weighted by Gasteiger charge is 2.46. The van der Waals surface area contributed by atoms with Crippen molar-refractivity contribution >= 4 is 44.9 Å². The quantitative estimate of drug-likeness (QED) is 0.495. The molecule has 1 fully saturated rings. The number of aromatic nitrogens is 1. The van der Waals surface area contributed by atoms with Crippen LogP contribution in [-0.4, -0.2) is 59.7 Å². The van der Waals surface area contributed by atoms with Crippen molar-refractivity contribution in [3.8, 4) is 6.07 Å². The number of rotatable bonds is 7. The molecule has 0 amide bonds. The normalized spacial score (nSPS) is 16.9. The van der Waals surface area contributed by atoms with Crippen molar-refractivity contribution in [3.63, 3.8) is 0 Å². The lowest BCUT2D eigenvalue weighted by Gasteiger charge is -2.36. The van der Waals surface area contributed by atoms with E-state index in [9.17, 15) is 13.2 Å². The van der Waals surface area contributed by atoms with Crippen LogP contribution >= 0.6 is 23.2 Å². The number of carboxylic acids is 1. The molecule has 13 heteroatoms. The number of carbonyl (C=O) groups is 1. The van der Waals surface area contributed by atoms with Crippen LogP contribution in [0.15, 0.2) is 52.8 Å². The number of nitrogens with one attached hydrogen (secondary N) is 1. The summed E-state index contributed by atoms with van der Waals surface area (Å²) in [4.78, 5) is 20.2. The van der Waals surface area contributed by atoms with Crippen LogP contribution in [0.1, 0.15) is 31.2 Å². The number of piperidine rings is 1. The molecule has 1 aromatic carbocycles. The predicted molar refractivity (Wildman–Crippen MR) is 134 cm³/mol. The number of halogens is 2. The van der Waals surface area contributed by atoms with Crippen molar-refractivity contribution in [3.05, 3.63) is 58.3 Å². The molecule has 1 saturated heterocycles. The lowest BCUT2D eigenvalue weighted by Crippen LogP contribution is -2.47. The van der Waals surface area contributed by atoms with Gasteiger partial charge in [-0.1, -0.05) is 34.4 Å². The van der Waals surface area contributed by atoms with Crippen LogP contribution in [0.4, 0.5) is 0 Å². The van der Waals surface area contributed by atoms with Crippen molar-refractivity contribution in [1.29, 1.82) is 5.26 Å². The van der Waals surface area contributed by atoms with Gasteiger partial charge in [-0.05, 0) is 29.8 Å². The van der Waals surface area contributed by atoms with Crippen molar-refractivity contribution in [2.45, 2.75) is 42.7 Å². The molecule has 1 aromatic heterocycles. The van der Waals surface area contributed by atoms with E-state index in [1.165, 1.54) is 22.5 Å². The second-order valence-corrected chi connectivity index (χ2v) is 11.0. The third kappa shape index (κ3) is 7.15. The molecule has 2 N–H and O–H groups in total. The summed E-state index contributed by atoms with van der Waals surface area (Å²) in [6, 6.07) is 10.3. The molecule has 2 aliphatic heterocycles. The first-order valence-corrected chi connectivity index (χ1v) is 13.3. The van der Waals surface area contributed by atoms with Gasteiger partial charge in [0, 0.05) is 69.3 Å². The largest absolute Gasteiger partial charge is 0.477 e. The Hall–Kier alpha value is -2.75. The Morgan fingerprint density at radius 3 is 2.64 bits per heavy atom. The predicted octanol–water partition coefficient (Wildman–Crippen LogP) is 3.46. The van der Waals surface area contributed by atoms with Gasteiger partial charge in [0.1, 0.15) is 10.5 Å². The Bertz CT molecular complexity index is 1240. The third-order valence-corrected chi connectivity index (χ3v) is 8.31. The van der Waals surface area contributed by atoms with Crippen molar-refractivity contribution < 1.29 is 23.2 Å². The SMILES string of the molecule is N#CCCNCc1cccnc1.O=C(O)C1=NOC2(CCN(S(=O)(=O)c3cc(Cl)ccc3Cl)CC2)C1. The maximum absolute atomic E-state index is 12.8. The fourth-order valence-corrected chi connectivity index (χ4v) is 5.91. The Labute approximate surface area is 219 Å². The lowest BCUT2D eigenvalue weighted by atomic mass is 9.88. The van der Waals surface area contributed by atoms with Gasteiger partial charge in [0.15, 0.2) is 5.71 Å². The van der Waals surface area contributed by atoms with Crippen molar-refractivity contribution in [2.24, 2.45) is 5.16 Å². The molecular formula is C23H25Cl2N5O5S. The smallest absolute Gasteiger partial charge is 0.353 e. The van der Waals surface area contributed by atoms with Crippen LogP contribution in [0.5, 0.6) is 0 Å². The second-order valence-electron chi connectivity index (χ2n) is 8.22. The first kappa shape index (κ1) is 27.8. The van der Waals surface area contributed by atoms with Gasteiger partial charge in [0.2, 0.25) is 10.0 Å². The number of nitrogens with zero attached hydrogens (tertiary/aromatic N) is 4. The van der Waals surface area contributed by atoms with Crippen LogP contribution < -0.4 is 5.32 Å². The van der Waals surface area contributed by atoms with Crippen LogP contribution in [-0.2, 0) is 26.2 Å². The van der Waals surface area contributed by atoms with E-state index >= 15 is 0 Å². The minimum absolute atomic E-state index is 0.0378. The summed E-state index contributed by atoms with van der Waals surface area (Å²) in [6.07, 6.45) is 5.00. The zero-order chi connectivity index (χ0) is 26.2. The van der Waals surface area contributed by atoms with E-state index in [1.54, 1.807) is 6.20 Å². The third-order valence-electron chi connectivity index (χ3n) is 5.70. The molecule has 10 nitrogen and oxygen atoms in total. The maximum Gasteiger partial charge on any atom is 0.353 e. The van der Waals surface area contributed by atoms with E-state index in [4.69, 9.17) is 38.4 Å². The average Bonchev–Trinajstić information content (AvgIpc) is 3.28. The van der Waals surface area contributed by atoms with Gasteiger partial charge in [-0.25, -0.2) is 13.2 Å².